The summed E-state index contributed by atoms with van der Waals surface area (Å²) in [6.45, 7) is 0. The predicted octanol–water partition coefficient (Wildman–Crippen LogP) is -1.87. The molecule has 2 aromatic heterocycles. The number of aliphatic hydroxyl groups excluding tert-OH is 2. The zero-order valence-electron chi connectivity index (χ0n) is 16.5. The fraction of sp³-hybridized carbons (Fsp3) is 0.316. The van der Waals surface area contributed by atoms with Crippen LogP contribution in [0.3, 0.4) is 0 Å². The van der Waals surface area contributed by atoms with Crippen LogP contribution in [0.5, 0.6) is 0 Å². The maximum atomic E-state index is 12.7. The Morgan fingerprint density at radius 2 is 1.97 bits per heavy atom. The zero-order chi connectivity index (χ0) is 23.0. The van der Waals surface area contributed by atoms with Gasteiger partial charge in [0.2, 0.25) is 5.95 Å². The van der Waals surface area contributed by atoms with E-state index in [2.05, 4.69) is 20.3 Å². The van der Waals surface area contributed by atoms with Gasteiger partial charge in [-0.25, -0.2) is 9.78 Å². The van der Waals surface area contributed by atoms with E-state index in [4.69, 9.17) is 10.5 Å². The van der Waals surface area contributed by atoms with Gasteiger partial charge in [-0.2, -0.15) is 4.98 Å². The molecule has 0 unspecified atom stereocenters. The standard InChI is InChI=1S/C19H20N6O7/c20-19-23-14-10(15(28)24-19)21-7-25(14)17-12(27)11(26)13(32-17)16(29)22-9(18(30)31)6-8-4-2-1-3-5-8/h1-5,7,9,11-13,17,26-27H,6H2,(H,22,29)(H,30,31)(H3,20,23,24,28)/t9-,11+,12-,13+,17-/m1/s1. The van der Waals surface area contributed by atoms with Crippen LogP contribution in [0.15, 0.2) is 41.5 Å². The lowest BCUT2D eigenvalue weighted by molar-refractivity contribution is -0.146. The fourth-order valence-electron chi connectivity index (χ4n) is 3.54. The van der Waals surface area contributed by atoms with E-state index < -0.39 is 48.0 Å². The number of hydrogen-bond donors (Lipinski definition) is 6. The van der Waals surface area contributed by atoms with E-state index in [-0.39, 0.29) is 23.5 Å². The number of fused-ring (bicyclic) bond motifs is 1. The SMILES string of the molecule is Nc1nc2c(ncn2[C@@H]2O[C@H](C(=O)N[C@H](Cc3ccccc3)C(=O)O)[C@@H](O)[C@H]2O)c(=O)[nH]1. The number of H-pyrrole nitrogens is 1. The average Bonchev–Trinajstić information content (AvgIpc) is 3.29. The van der Waals surface area contributed by atoms with Crippen molar-refractivity contribution in [1.29, 1.82) is 0 Å². The molecule has 13 nitrogen and oxygen atoms in total. The Hall–Kier alpha value is -3.81. The van der Waals surface area contributed by atoms with E-state index in [9.17, 15) is 29.7 Å². The van der Waals surface area contributed by atoms with Gasteiger partial charge in [0.1, 0.15) is 18.2 Å². The topological polar surface area (TPSA) is 206 Å². The number of aliphatic carboxylic acids is 1. The van der Waals surface area contributed by atoms with Crippen molar-refractivity contribution >= 4 is 29.0 Å². The molecule has 4 rings (SSSR count). The van der Waals surface area contributed by atoms with Crippen molar-refractivity contribution < 1.29 is 29.6 Å². The Morgan fingerprint density at radius 3 is 2.66 bits per heavy atom. The molecule has 0 spiro atoms. The summed E-state index contributed by atoms with van der Waals surface area (Å²) in [7, 11) is 0. The van der Waals surface area contributed by atoms with Crippen molar-refractivity contribution in [2.24, 2.45) is 0 Å². The summed E-state index contributed by atoms with van der Waals surface area (Å²) in [4.78, 5) is 46.4. The smallest absolute Gasteiger partial charge is 0.326 e. The Morgan fingerprint density at radius 1 is 1.25 bits per heavy atom. The van der Waals surface area contributed by atoms with Gasteiger partial charge in [0.05, 0.1) is 6.33 Å². The van der Waals surface area contributed by atoms with Crippen LogP contribution in [0.25, 0.3) is 11.2 Å². The fourth-order valence-corrected chi connectivity index (χ4v) is 3.54. The summed E-state index contributed by atoms with van der Waals surface area (Å²) in [5, 5.41) is 32.7. The Kier molecular flexibility index (Phi) is 5.61. The number of nitrogens with zero attached hydrogens (tertiary/aromatic N) is 3. The number of aromatic nitrogens is 4. The highest BCUT2D eigenvalue weighted by Crippen LogP contribution is 2.31. The number of carboxylic acid groups (broad SMARTS) is 1. The molecule has 0 radical (unpaired) electrons. The molecule has 168 valence electrons. The maximum Gasteiger partial charge on any atom is 0.326 e. The van der Waals surface area contributed by atoms with Crippen molar-refractivity contribution in [2.75, 3.05) is 5.73 Å². The highest BCUT2D eigenvalue weighted by Gasteiger charge is 2.48. The minimum atomic E-state index is -1.68. The van der Waals surface area contributed by atoms with Gasteiger partial charge in [-0.3, -0.25) is 19.1 Å². The minimum absolute atomic E-state index is 0.00877. The number of nitrogen functional groups attached to an aromatic ring is 1. The van der Waals surface area contributed by atoms with E-state index in [1.54, 1.807) is 30.3 Å². The first kappa shape index (κ1) is 21.4. The Bertz CT molecular complexity index is 1210. The van der Waals surface area contributed by atoms with Gasteiger partial charge in [-0.1, -0.05) is 30.3 Å². The number of carbonyl (C=O) groups excluding carboxylic acids is 1. The number of nitrogens with one attached hydrogen (secondary N) is 2. The molecule has 1 aromatic carbocycles. The number of anilines is 1. The molecule has 0 bridgehead atoms. The van der Waals surface area contributed by atoms with E-state index in [0.29, 0.717) is 5.56 Å². The van der Waals surface area contributed by atoms with Gasteiger partial charge >= 0.3 is 5.97 Å². The lowest BCUT2D eigenvalue weighted by atomic mass is 10.0. The van der Waals surface area contributed by atoms with Gasteiger partial charge in [0.15, 0.2) is 23.5 Å². The van der Waals surface area contributed by atoms with Crippen LogP contribution >= 0.6 is 0 Å². The highest BCUT2D eigenvalue weighted by atomic mass is 16.6. The third kappa shape index (κ3) is 3.91. The number of nitrogens with two attached hydrogens (primary N) is 1. The summed E-state index contributed by atoms with van der Waals surface area (Å²) in [6, 6.07) is 7.40. The highest BCUT2D eigenvalue weighted by molar-refractivity contribution is 5.87. The largest absolute Gasteiger partial charge is 0.480 e. The van der Waals surface area contributed by atoms with Crippen molar-refractivity contribution in [1.82, 2.24) is 24.8 Å². The molecule has 1 aliphatic heterocycles. The number of carboxylic acids is 1. The van der Waals surface area contributed by atoms with Crippen LogP contribution in [0, 0.1) is 0 Å². The molecule has 0 aliphatic carbocycles. The number of ether oxygens (including phenoxy) is 1. The molecule has 3 aromatic rings. The van der Waals surface area contributed by atoms with Crippen LogP contribution in [-0.4, -0.2) is 71.1 Å². The first-order valence-corrected chi connectivity index (χ1v) is 9.57. The van der Waals surface area contributed by atoms with Gasteiger partial charge in [0, 0.05) is 6.42 Å². The Balaban J connectivity index is 1.54. The third-order valence-electron chi connectivity index (χ3n) is 5.12. The van der Waals surface area contributed by atoms with Crippen LogP contribution in [-0.2, 0) is 20.7 Å². The molecule has 1 aliphatic rings. The molecule has 13 heteroatoms. The lowest BCUT2D eigenvalue weighted by Crippen LogP contribution is -2.50. The summed E-state index contributed by atoms with van der Waals surface area (Å²) < 4.78 is 6.70. The number of amides is 1. The number of aliphatic hydroxyl groups is 2. The first-order chi connectivity index (χ1) is 15.3. The lowest BCUT2D eigenvalue weighted by Gasteiger charge is -2.19. The van der Waals surface area contributed by atoms with Gasteiger partial charge in [-0.05, 0) is 5.56 Å². The molecule has 3 heterocycles. The average molecular weight is 444 g/mol. The van der Waals surface area contributed by atoms with Crippen molar-refractivity contribution in [3.05, 3.63) is 52.6 Å². The van der Waals surface area contributed by atoms with Gasteiger partial charge in [-0.15, -0.1) is 0 Å². The van der Waals surface area contributed by atoms with Gasteiger partial charge in [0.25, 0.3) is 11.5 Å². The van der Waals surface area contributed by atoms with Crippen LogP contribution in [0.4, 0.5) is 5.95 Å². The quantitative estimate of drug-likeness (QED) is 0.250. The molecule has 1 fully saturated rings. The normalized spacial score (nSPS) is 23.8. The zero-order valence-corrected chi connectivity index (χ0v) is 16.5. The maximum absolute atomic E-state index is 12.7. The van der Waals surface area contributed by atoms with E-state index in [0.717, 1.165) is 6.33 Å². The molecule has 1 saturated heterocycles. The Labute approximate surface area is 179 Å². The number of hydrogen-bond acceptors (Lipinski definition) is 9. The van der Waals surface area contributed by atoms with Crippen LogP contribution in [0.2, 0.25) is 0 Å². The van der Waals surface area contributed by atoms with Crippen molar-refractivity contribution in [2.45, 2.75) is 37.0 Å². The minimum Gasteiger partial charge on any atom is -0.480 e. The van der Waals surface area contributed by atoms with Crippen LogP contribution < -0.4 is 16.6 Å². The molecule has 0 saturated carbocycles. The number of imidazole rings is 1. The molecular weight excluding hydrogens is 424 g/mol. The first-order valence-electron chi connectivity index (χ1n) is 9.57. The monoisotopic (exact) mass is 444 g/mol. The summed E-state index contributed by atoms with van der Waals surface area (Å²) in [5.41, 5.74) is 5.53. The van der Waals surface area contributed by atoms with E-state index in [1.165, 1.54) is 4.57 Å². The van der Waals surface area contributed by atoms with E-state index in [1.807, 2.05) is 0 Å². The van der Waals surface area contributed by atoms with E-state index >= 15 is 0 Å². The summed E-state index contributed by atoms with van der Waals surface area (Å²) >= 11 is 0. The van der Waals surface area contributed by atoms with Crippen molar-refractivity contribution in [3.63, 3.8) is 0 Å². The molecule has 32 heavy (non-hydrogen) atoms. The number of carbonyl (C=O) groups is 2. The summed E-state index contributed by atoms with van der Waals surface area (Å²) in [5.74, 6) is -2.39. The molecular formula is C19H20N6O7. The van der Waals surface area contributed by atoms with Gasteiger partial charge < -0.3 is 31.1 Å². The molecule has 7 N–H and O–H groups in total. The second kappa shape index (κ2) is 8.37. The summed E-state index contributed by atoms with van der Waals surface area (Å²) in [6.07, 6.45) is -5.01. The molecule has 5 atom stereocenters. The second-order valence-electron chi connectivity index (χ2n) is 7.29. The van der Waals surface area contributed by atoms with Crippen LogP contribution in [0.1, 0.15) is 11.8 Å². The molecule has 1 amide bonds. The number of aromatic amines is 1. The third-order valence-corrected chi connectivity index (χ3v) is 5.12. The number of rotatable bonds is 6. The predicted molar refractivity (Wildman–Crippen MR) is 108 cm³/mol. The second-order valence-corrected chi connectivity index (χ2v) is 7.29. The number of benzene rings is 1. The van der Waals surface area contributed by atoms with Crippen molar-refractivity contribution in [3.8, 4) is 0 Å².